The Labute approximate surface area is 140 Å². The Balaban J connectivity index is 0. The topological polar surface area (TPSA) is 113 Å². The molecule has 9 heteroatoms. The number of nitrogens with two attached hydrogens (primary N) is 1. The van der Waals surface area contributed by atoms with Crippen molar-refractivity contribution in [2.24, 2.45) is 5.73 Å². The predicted octanol–water partition coefficient (Wildman–Crippen LogP) is -6.91. The van der Waals surface area contributed by atoms with E-state index in [4.69, 9.17) is 15.5 Å². The van der Waals surface area contributed by atoms with Gasteiger partial charge >= 0.3 is 59.1 Å². The zero-order valence-corrected chi connectivity index (χ0v) is 14.9. The molecule has 0 saturated heterocycles. The van der Waals surface area contributed by atoms with Crippen molar-refractivity contribution >= 4 is 16.8 Å². The smallest absolute Gasteiger partial charge is 0.840 e. The number of hydrogen-bond acceptors (Lipinski definition) is 5. The van der Waals surface area contributed by atoms with Gasteiger partial charge in [0.1, 0.15) is 5.02 Å². The van der Waals surface area contributed by atoms with E-state index in [1.54, 1.807) is 18.2 Å². The van der Waals surface area contributed by atoms with Crippen LogP contribution in [0.5, 0.6) is 0 Å². The Morgan fingerprint density at radius 1 is 1.06 bits per heavy atom. The average molecular weight is 279 g/mol. The summed E-state index contributed by atoms with van der Waals surface area (Å²) in [4.78, 5) is 39.8. The van der Waals surface area contributed by atoms with Gasteiger partial charge < -0.3 is 25.3 Å². The van der Waals surface area contributed by atoms with E-state index in [0.717, 1.165) is 0 Å². The van der Waals surface area contributed by atoms with Crippen molar-refractivity contribution in [2.45, 2.75) is 5.02 Å². The van der Waals surface area contributed by atoms with E-state index in [1.807, 2.05) is 0 Å². The molecule has 0 aliphatic heterocycles. The molecule has 1 atom stereocenters. The number of hydrogen-bond donors (Lipinski definition) is 3. The van der Waals surface area contributed by atoms with Crippen LogP contribution in [0.1, 0.15) is 5.56 Å². The van der Waals surface area contributed by atoms with Gasteiger partial charge in [0, 0.05) is 0 Å². The molecule has 0 fully saturated rings. The Hall–Kier alpha value is 1.88. The standard InChI is InChI=1S/C7H9NO4P2.2Na/c8-7(13(9)10,14(11)12)6-4-2-1-3-5-6;;/h1-5,9-10H,8H2;;/q-2;2*+1. The van der Waals surface area contributed by atoms with Crippen LogP contribution in [0.4, 0.5) is 0 Å². The molecule has 1 aromatic rings. The first-order chi connectivity index (χ1) is 6.49. The van der Waals surface area contributed by atoms with Crippen molar-refractivity contribution in [1.29, 1.82) is 0 Å². The molecule has 0 saturated carbocycles. The second-order valence-electron chi connectivity index (χ2n) is 2.64. The summed E-state index contributed by atoms with van der Waals surface area (Å²) in [6.07, 6.45) is 0. The normalized spacial score (nSPS) is 13.9. The summed E-state index contributed by atoms with van der Waals surface area (Å²) in [6, 6.07) is 7.71. The van der Waals surface area contributed by atoms with Gasteiger partial charge in [-0.05, 0) is 5.56 Å². The number of rotatable bonds is 3. The molecule has 0 radical (unpaired) electrons. The van der Waals surface area contributed by atoms with E-state index in [9.17, 15) is 9.79 Å². The van der Waals surface area contributed by atoms with Crippen molar-refractivity contribution in [1.82, 2.24) is 0 Å². The molecule has 1 unspecified atom stereocenters. The summed E-state index contributed by atoms with van der Waals surface area (Å²) in [5.41, 5.74) is 5.61. The third kappa shape index (κ3) is 4.52. The fourth-order valence-electron chi connectivity index (χ4n) is 0.977. The Kier molecular flexibility index (Phi) is 11.2. The molecule has 5 nitrogen and oxygen atoms in total. The average Bonchev–Trinajstić information content (AvgIpc) is 2.17. The van der Waals surface area contributed by atoms with E-state index in [1.165, 1.54) is 12.1 Å². The molecule has 0 aromatic heterocycles. The predicted molar refractivity (Wildman–Crippen MR) is 50.6 cm³/mol. The van der Waals surface area contributed by atoms with Crippen LogP contribution in [-0.2, 0) is 5.02 Å². The van der Waals surface area contributed by atoms with Gasteiger partial charge in [-0.15, -0.1) is 0 Å². The minimum atomic E-state index is -3.16. The minimum Gasteiger partial charge on any atom is -0.840 e. The van der Waals surface area contributed by atoms with Gasteiger partial charge in [0.15, 0.2) is 8.38 Å². The first-order valence-electron chi connectivity index (χ1n) is 3.66. The third-order valence-electron chi connectivity index (χ3n) is 1.78. The number of benzene rings is 1. The minimum absolute atomic E-state index is 0. The van der Waals surface area contributed by atoms with Crippen molar-refractivity contribution in [3.63, 3.8) is 0 Å². The molecule has 0 aliphatic carbocycles. The van der Waals surface area contributed by atoms with Gasteiger partial charge in [-0.3, -0.25) is 8.38 Å². The summed E-state index contributed by atoms with van der Waals surface area (Å²) < 4.78 is 0. The van der Waals surface area contributed by atoms with Gasteiger partial charge in [0.05, 0.1) is 0 Å². The summed E-state index contributed by atoms with van der Waals surface area (Å²) in [5, 5.41) is -2.08. The SMILES string of the molecule is NC(c1ccccc1)(P([O-])[O-])P(O)O.[Na+].[Na+]. The summed E-state index contributed by atoms with van der Waals surface area (Å²) in [7, 11) is -5.94. The van der Waals surface area contributed by atoms with Crippen LogP contribution in [0.25, 0.3) is 0 Å². The van der Waals surface area contributed by atoms with Crippen molar-refractivity contribution in [2.75, 3.05) is 0 Å². The van der Waals surface area contributed by atoms with Gasteiger partial charge in [-0.1, -0.05) is 30.3 Å². The van der Waals surface area contributed by atoms with E-state index in [-0.39, 0.29) is 64.7 Å². The van der Waals surface area contributed by atoms with Crippen molar-refractivity contribution in [3.8, 4) is 0 Å². The summed E-state index contributed by atoms with van der Waals surface area (Å²) >= 11 is 0. The molecule has 0 aliphatic rings. The second kappa shape index (κ2) is 8.89. The van der Waals surface area contributed by atoms with Crippen LogP contribution in [0, 0.1) is 0 Å². The van der Waals surface area contributed by atoms with Crippen LogP contribution in [-0.4, -0.2) is 9.79 Å². The zero-order chi connectivity index (χ0) is 10.8. The summed E-state index contributed by atoms with van der Waals surface area (Å²) in [5.74, 6) is 0. The third-order valence-corrected chi connectivity index (χ3v) is 4.49. The Bertz CT molecular complexity index is 294. The quantitative estimate of drug-likeness (QED) is 0.376. The fourth-order valence-corrected chi connectivity index (χ4v) is 2.30. The van der Waals surface area contributed by atoms with Crippen LogP contribution in [0.3, 0.4) is 0 Å². The molecule has 78 valence electrons. The Morgan fingerprint density at radius 3 is 1.81 bits per heavy atom. The molecule has 0 amide bonds. The molecule has 1 rings (SSSR count). The molecular weight excluding hydrogens is 270 g/mol. The van der Waals surface area contributed by atoms with E-state index < -0.39 is 21.8 Å². The molecular formula is C7H9NNa2O4P2. The van der Waals surface area contributed by atoms with E-state index in [0.29, 0.717) is 0 Å². The maximum absolute atomic E-state index is 10.9. The molecule has 4 N–H and O–H groups in total. The van der Waals surface area contributed by atoms with Crippen LogP contribution in [0.2, 0.25) is 0 Å². The molecule has 0 heterocycles. The molecule has 16 heavy (non-hydrogen) atoms. The molecule has 0 spiro atoms. The monoisotopic (exact) mass is 279 g/mol. The summed E-state index contributed by atoms with van der Waals surface area (Å²) in [6.45, 7) is 0. The van der Waals surface area contributed by atoms with E-state index >= 15 is 0 Å². The fraction of sp³-hybridized carbons (Fsp3) is 0.143. The van der Waals surface area contributed by atoms with Gasteiger partial charge in [-0.2, -0.15) is 0 Å². The van der Waals surface area contributed by atoms with Gasteiger partial charge in [-0.25, -0.2) is 0 Å². The molecule has 1 aromatic carbocycles. The van der Waals surface area contributed by atoms with E-state index in [2.05, 4.69) is 0 Å². The largest absolute Gasteiger partial charge is 1.00 e. The maximum atomic E-state index is 10.9. The first kappa shape index (κ1) is 20.2. The van der Waals surface area contributed by atoms with Crippen molar-refractivity contribution in [3.05, 3.63) is 35.9 Å². The Morgan fingerprint density at radius 2 is 1.50 bits per heavy atom. The second-order valence-corrected chi connectivity index (χ2v) is 5.50. The van der Waals surface area contributed by atoms with Crippen molar-refractivity contribution < 1.29 is 78.7 Å². The van der Waals surface area contributed by atoms with Crippen LogP contribution < -0.4 is 74.6 Å². The van der Waals surface area contributed by atoms with Crippen LogP contribution >= 0.6 is 16.8 Å². The van der Waals surface area contributed by atoms with Crippen LogP contribution in [0.15, 0.2) is 30.3 Å². The first-order valence-corrected chi connectivity index (χ1v) is 6.09. The van der Waals surface area contributed by atoms with Gasteiger partial charge in [0.2, 0.25) is 0 Å². The zero-order valence-electron chi connectivity index (χ0n) is 9.07. The van der Waals surface area contributed by atoms with Gasteiger partial charge in [0.25, 0.3) is 0 Å². The maximum Gasteiger partial charge on any atom is 1.00 e. The molecule has 0 bridgehead atoms.